The van der Waals surface area contributed by atoms with Gasteiger partial charge in [-0.05, 0) is 32.0 Å². The number of aromatic nitrogens is 2. The quantitative estimate of drug-likeness (QED) is 0.885. The average molecular weight is 248 g/mol. The third kappa shape index (κ3) is 2.51. The fourth-order valence-corrected chi connectivity index (χ4v) is 1.77. The molecule has 1 N–H and O–H groups in total. The Morgan fingerprint density at radius 2 is 2.17 bits per heavy atom. The predicted octanol–water partition coefficient (Wildman–Crippen LogP) is 1.18. The fourth-order valence-electron chi connectivity index (χ4n) is 1.77. The van der Waals surface area contributed by atoms with Gasteiger partial charge in [-0.1, -0.05) is 0 Å². The van der Waals surface area contributed by atoms with E-state index < -0.39 is 5.60 Å². The number of hydrogen-bond acceptors (Lipinski definition) is 4. The van der Waals surface area contributed by atoms with Crippen molar-refractivity contribution < 1.29 is 9.84 Å². The van der Waals surface area contributed by atoms with Crippen molar-refractivity contribution in [1.29, 1.82) is 0 Å². The average Bonchev–Trinajstić information content (AvgIpc) is 2.31. The van der Waals surface area contributed by atoms with E-state index in [1.165, 1.54) is 4.68 Å². The van der Waals surface area contributed by atoms with E-state index in [0.717, 1.165) is 5.39 Å². The summed E-state index contributed by atoms with van der Waals surface area (Å²) in [5.74, 6) is 0.684. The molecule has 0 spiro atoms. The Bertz CT molecular complexity index is 626. The number of methoxy groups -OCH3 is 1. The van der Waals surface area contributed by atoms with Gasteiger partial charge >= 0.3 is 0 Å². The van der Waals surface area contributed by atoms with Gasteiger partial charge < -0.3 is 9.84 Å². The molecule has 96 valence electrons. The first-order valence-corrected chi connectivity index (χ1v) is 5.67. The Hall–Kier alpha value is -1.88. The zero-order valence-corrected chi connectivity index (χ0v) is 10.7. The molecule has 1 aromatic heterocycles. The van der Waals surface area contributed by atoms with Crippen LogP contribution in [0.15, 0.2) is 29.2 Å². The van der Waals surface area contributed by atoms with Gasteiger partial charge in [0.15, 0.2) is 0 Å². The molecule has 0 bridgehead atoms. The van der Waals surface area contributed by atoms with Gasteiger partial charge in [0.25, 0.3) is 5.56 Å². The standard InChI is InChI=1S/C13H16N2O3/c1-13(2,17)8-15-12(16)11-5-4-10(18-3)6-9(11)7-14-15/h4-7,17H,8H2,1-3H3. The topological polar surface area (TPSA) is 64.3 Å². The molecule has 1 aromatic carbocycles. The first kappa shape index (κ1) is 12.6. The summed E-state index contributed by atoms with van der Waals surface area (Å²) in [7, 11) is 1.57. The van der Waals surface area contributed by atoms with Crippen molar-refractivity contribution >= 4 is 10.8 Å². The summed E-state index contributed by atoms with van der Waals surface area (Å²) in [5, 5.41) is 15.1. The molecule has 0 saturated carbocycles. The Morgan fingerprint density at radius 3 is 2.78 bits per heavy atom. The summed E-state index contributed by atoms with van der Waals surface area (Å²) in [5.41, 5.74) is -1.19. The van der Waals surface area contributed by atoms with Gasteiger partial charge in [-0.25, -0.2) is 4.68 Å². The van der Waals surface area contributed by atoms with E-state index in [1.54, 1.807) is 45.4 Å². The van der Waals surface area contributed by atoms with Gasteiger partial charge in [-0.2, -0.15) is 5.10 Å². The Labute approximate surface area is 105 Å². The highest BCUT2D eigenvalue weighted by atomic mass is 16.5. The fraction of sp³-hybridized carbons (Fsp3) is 0.385. The summed E-state index contributed by atoms with van der Waals surface area (Å²) in [6.07, 6.45) is 1.60. The molecule has 2 rings (SSSR count). The third-order valence-corrected chi connectivity index (χ3v) is 2.60. The van der Waals surface area contributed by atoms with Gasteiger partial charge in [0.1, 0.15) is 5.75 Å². The van der Waals surface area contributed by atoms with Crippen molar-refractivity contribution in [3.63, 3.8) is 0 Å². The number of benzene rings is 1. The second-order valence-electron chi connectivity index (χ2n) is 4.87. The summed E-state index contributed by atoms with van der Waals surface area (Å²) >= 11 is 0. The van der Waals surface area contributed by atoms with Crippen LogP contribution in [0, 0.1) is 0 Å². The lowest BCUT2D eigenvalue weighted by Gasteiger charge is -2.17. The van der Waals surface area contributed by atoms with Crippen LogP contribution in [-0.2, 0) is 6.54 Å². The van der Waals surface area contributed by atoms with Crippen LogP contribution in [0.3, 0.4) is 0 Å². The summed E-state index contributed by atoms with van der Waals surface area (Å²) in [6, 6.07) is 5.20. The molecule has 0 unspecified atom stereocenters. The Kier molecular flexibility index (Phi) is 3.09. The van der Waals surface area contributed by atoms with E-state index >= 15 is 0 Å². The highest BCUT2D eigenvalue weighted by Gasteiger charge is 2.16. The molecule has 0 fully saturated rings. The third-order valence-electron chi connectivity index (χ3n) is 2.60. The highest BCUT2D eigenvalue weighted by molar-refractivity contribution is 5.82. The van der Waals surface area contributed by atoms with Crippen LogP contribution in [0.4, 0.5) is 0 Å². The van der Waals surface area contributed by atoms with Crippen LogP contribution in [0.5, 0.6) is 5.75 Å². The van der Waals surface area contributed by atoms with Gasteiger partial charge in [0.2, 0.25) is 0 Å². The van der Waals surface area contributed by atoms with Crippen molar-refractivity contribution in [3.05, 3.63) is 34.7 Å². The number of fused-ring (bicyclic) bond motifs is 1. The van der Waals surface area contributed by atoms with Crippen molar-refractivity contribution in [2.45, 2.75) is 26.0 Å². The van der Waals surface area contributed by atoms with Crippen LogP contribution in [-0.4, -0.2) is 27.6 Å². The van der Waals surface area contributed by atoms with Gasteiger partial charge in [0, 0.05) is 5.39 Å². The maximum absolute atomic E-state index is 12.2. The Morgan fingerprint density at radius 1 is 1.44 bits per heavy atom. The lowest BCUT2D eigenvalue weighted by molar-refractivity contribution is 0.0563. The van der Waals surface area contributed by atoms with Crippen LogP contribution < -0.4 is 10.3 Å². The van der Waals surface area contributed by atoms with E-state index in [1.807, 2.05) is 0 Å². The van der Waals surface area contributed by atoms with Crippen LogP contribution >= 0.6 is 0 Å². The van der Waals surface area contributed by atoms with E-state index in [9.17, 15) is 9.90 Å². The van der Waals surface area contributed by atoms with Gasteiger partial charge in [0.05, 0.1) is 30.8 Å². The smallest absolute Gasteiger partial charge is 0.274 e. The van der Waals surface area contributed by atoms with Crippen molar-refractivity contribution in [2.75, 3.05) is 7.11 Å². The number of aliphatic hydroxyl groups is 1. The molecule has 1 heterocycles. The maximum atomic E-state index is 12.2. The lowest BCUT2D eigenvalue weighted by atomic mass is 10.1. The van der Waals surface area contributed by atoms with Gasteiger partial charge in [-0.3, -0.25) is 4.79 Å². The Balaban J connectivity index is 2.55. The lowest BCUT2D eigenvalue weighted by Crippen LogP contribution is -2.34. The molecule has 0 aliphatic carbocycles. The molecule has 0 atom stereocenters. The van der Waals surface area contributed by atoms with Crippen LogP contribution in [0.2, 0.25) is 0 Å². The summed E-state index contributed by atoms with van der Waals surface area (Å²) < 4.78 is 6.37. The van der Waals surface area contributed by atoms with Crippen molar-refractivity contribution in [1.82, 2.24) is 9.78 Å². The molecule has 0 amide bonds. The van der Waals surface area contributed by atoms with E-state index in [0.29, 0.717) is 11.1 Å². The second kappa shape index (κ2) is 4.42. The zero-order chi connectivity index (χ0) is 13.3. The first-order chi connectivity index (χ1) is 8.40. The predicted molar refractivity (Wildman–Crippen MR) is 68.9 cm³/mol. The minimum absolute atomic E-state index is 0.161. The number of nitrogens with zero attached hydrogens (tertiary/aromatic N) is 2. The maximum Gasteiger partial charge on any atom is 0.274 e. The minimum atomic E-state index is -0.975. The van der Waals surface area contributed by atoms with Crippen LogP contribution in [0.25, 0.3) is 10.8 Å². The molecule has 5 heteroatoms. The zero-order valence-electron chi connectivity index (χ0n) is 10.7. The number of rotatable bonds is 3. The molecular formula is C13H16N2O3. The summed E-state index contributed by atoms with van der Waals surface area (Å²) in [6.45, 7) is 3.44. The molecule has 5 nitrogen and oxygen atoms in total. The van der Waals surface area contributed by atoms with E-state index in [-0.39, 0.29) is 12.1 Å². The van der Waals surface area contributed by atoms with E-state index in [4.69, 9.17) is 4.74 Å². The highest BCUT2D eigenvalue weighted by Crippen LogP contribution is 2.17. The minimum Gasteiger partial charge on any atom is -0.497 e. The molecule has 18 heavy (non-hydrogen) atoms. The number of hydrogen-bond donors (Lipinski definition) is 1. The second-order valence-corrected chi connectivity index (χ2v) is 4.87. The first-order valence-electron chi connectivity index (χ1n) is 5.67. The monoisotopic (exact) mass is 248 g/mol. The van der Waals surface area contributed by atoms with Crippen LogP contribution in [0.1, 0.15) is 13.8 Å². The van der Waals surface area contributed by atoms with Gasteiger partial charge in [-0.15, -0.1) is 0 Å². The largest absolute Gasteiger partial charge is 0.497 e. The molecule has 0 aliphatic heterocycles. The van der Waals surface area contributed by atoms with Crippen molar-refractivity contribution in [3.8, 4) is 5.75 Å². The van der Waals surface area contributed by atoms with Crippen molar-refractivity contribution in [2.24, 2.45) is 0 Å². The molecule has 0 radical (unpaired) electrons. The SMILES string of the molecule is COc1ccc2c(=O)n(CC(C)(C)O)ncc2c1. The molecule has 0 aliphatic rings. The number of ether oxygens (including phenoxy) is 1. The molecular weight excluding hydrogens is 232 g/mol. The normalized spacial score (nSPS) is 11.8. The molecule has 0 saturated heterocycles. The van der Waals surface area contributed by atoms with E-state index in [2.05, 4.69) is 5.10 Å². The molecule has 2 aromatic rings. The summed E-state index contributed by atoms with van der Waals surface area (Å²) in [4.78, 5) is 12.2.